The summed E-state index contributed by atoms with van der Waals surface area (Å²) < 4.78 is 18.1. The first kappa shape index (κ1) is 15.1. The molecule has 25 heavy (non-hydrogen) atoms. The van der Waals surface area contributed by atoms with Crippen molar-refractivity contribution in [3.8, 4) is 11.1 Å². The van der Waals surface area contributed by atoms with Crippen molar-refractivity contribution in [1.82, 2.24) is 15.2 Å². The van der Waals surface area contributed by atoms with Crippen molar-refractivity contribution in [2.75, 3.05) is 7.11 Å². The predicted molar refractivity (Wildman–Crippen MR) is 91.0 cm³/mol. The van der Waals surface area contributed by atoms with Crippen LogP contribution in [-0.4, -0.2) is 28.3 Å². The Hall–Kier alpha value is -3.48. The van der Waals surface area contributed by atoms with E-state index in [0.29, 0.717) is 22.0 Å². The lowest BCUT2D eigenvalue weighted by Crippen LogP contribution is -2.20. The van der Waals surface area contributed by atoms with Gasteiger partial charge in [0.2, 0.25) is 0 Å². The number of halogens is 1. The second kappa shape index (κ2) is 5.55. The molecule has 0 bridgehead atoms. The molecule has 0 radical (unpaired) electrons. The van der Waals surface area contributed by atoms with Crippen molar-refractivity contribution >= 4 is 27.8 Å². The van der Waals surface area contributed by atoms with Gasteiger partial charge in [0.25, 0.3) is 5.56 Å². The van der Waals surface area contributed by atoms with Gasteiger partial charge in [0, 0.05) is 16.3 Å². The number of fused-ring (bicyclic) bond motifs is 2. The minimum atomic E-state index is -0.755. The maximum atomic E-state index is 13.3. The van der Waals surface area contributed by atoms with E-state index >= 15 is 0 Å². The minimum absolute atomic E-state index is 0.121. The van der Waals surface area contributed by atoms with E-state index in [1.54, 1.807) is 12.3 Å². The third kappa shape index (κ3) is 2.37. The van der Waals surface area contributed by atoms with Crippen LogP contribution in [0.15, 0.2) is 47.4 Å². The van der Waals surface area contributed by atoms with Crippen LogP contribution in [0.1, 0.15) is 10.4 Å². The Bertz CT molecular complexity index is 1180. The van der Waals surface area contributed by atoms with Crippen LogP contribution in [0.5, 0.6) is 0 Å². The fraction of sp³-hybridized carbons (Fsp3) is 0.0556. The summed E-state index contributed by atoms with van der Waals surface area (Å²) in [7, 11) is 1.21. The van der Waals surface area contributed by atoms with Gasteiger partial charge in [0.15, 0.2) is 0 Å². The number of methoxy groups -OCH3 is 1. The SMILES string of the molecule is COC(=O)c1c(-c2ccc(F)cc2)c2cc3cn[nH]c3cc2[nH]c1=O. The summed E-state index contributed by atoms with van der Waals surface area (Å²) in [5, 5.41) is 8.27. The number of hydrogen-bond donors (Lipinski definition) is 2. The van der Waals surface area contributed by atoms with Crippen molar-refractivity contribution in [2.45, 2.75) is 0 Å². The predicted octanol–water partition coefficient (Wildman–Crippen LogP) is 3.00. The summed E-state index contributed by atoms with van der Waals surface area (Å²) in [6.45, 7) is 0. The van der Waals surface area contributed by atoms with Crippen LogP contribution >= 0.6 is 0 Å². The van der Waals surface area contributed by atoms with Gasteiger partial charge in [-0.05, 0) is 29.8 Å². The van der Waals surface area contributed by atoms with E-state index in [-0.39, 0.29) is 5.56 Å². The normalized spacial score (nSPS) is 11.1. The van der Waals surface area contributed by atoms with E-state index in [1.165, 1.54) is 31.4 Å². The zero-order chi connectivity index (χ0) is 17.6. The molecule has 2 heterocycles. The lowest BCUT2D eigenvalue weighted by Gasteiger charge is -2.12. The number of nitrogens with one attached hydrogen (secondary N) is 2. The van der Waals surface area contributed by atoms with E-state index in [9.17, 15) is 14.0 Å². The van der Waals surface area contributed by atoms with E-state index in [2.05, 4.69) is 15.2 Å². The number of pyridine rings is 1. The number of aromatic nitrogens is 3. The molecule has 6 nitrogen and oxygen atoms in total. The van der Waals surface area contributed by atoms with Gasteiger partial charge >= 0.3 is 5.97 Å². The number of hydrogen-bond acceptors (Lipinski definition) is 4. The second-order valence-electron chi connectivity index (χ2n) is 5.56. The third-order valence-corrected chi connectivity index (χ3v) is 4.10. The number of ether oxygens (including phenoxy) is 1. The van der Waals surface area contributed by atoms with Crippen molar-refractivity contribution in [3.63, 3.8) is 0 Å². The standard InChI is InChI=1S/C18H12FN3O3/c1-25-18(24)16-15(9-2-4-11(19)5-3-9)12-6-10-8-20-22-13(10)7-14(12)21-17(16)23/h2-8H,1H3,(H,20,22)(H,21,23). The summed E-state index contributed by atoms with van der Waals surface area (Å²) in [4.78, 5) is 27.4. The molecule has 2 aromatic carbocycles. The molecule has 0 amide bonds. The first-order valence-electron chi connectivity index (χ1n) is 7.46. The topological polar surface area (TPSA) is 87.8 Å². The summed E-state index contributed by atoms with van der Waals surface area (Å²) in [6.07, 6.45) is 1.64. The van der Waals surface area contributed by atoms with E-state index in [4.69, 9.17) is 4.74 Å². The van der Waals surface area contributed by atoms with Gasteiger partial charge < -0.3 is 9.72 Å². The number of rotatable bonds is 2. The summed E-state index contributed by atoms with van der Waals surface area (Å²) in [5.41, 5.74) is 1.53. The number of nitrogens with zero attached hydrogens (tertiary/aromatic N) is 1. The molecule has 7 heteroatoms. The van der Waals surface area contributed by atoms with Gasteiger partial charge in [-0.2, -0.15) is 5.10 Å². The minimum Gasteiger partial charge on any atom is -0.465 e. The summed E-state index contributed by atoms with van der Waals surface area (Å²) in [5.74, 6) is -1.16. The zero-order valence-corrected chi connectivity index (χ0v) is 13.1. The maximum Gasteiger partial charge on any atom is 0.344 e. The number of esters is 1. The molecule has 0 aliphatic carbocycles. The maximum absolute atomic E-state index is 13.3. The molecular weight excluding hydrogens is 325 g/mol. The van der Waals surface area contributed by atoms with Crippen molar-refractivity contribution in [1.29, 1.82) is 0 Å². The molecule has 124 valence electrons. The monoisotopic (exact) mass is 337 g/mol. The average Bonchev–Trinajstić information content (AvgIpc) is 3.06. The van der Waals surface area contributed by atoms with Gasteiger partial charge in [0.1, 0.15) is 11.4 Å². The van der Waals surface area contributed by atoms with Gasteiger partial charge in [-0.1, -0.05) is 12.1 Å². The smallest absolute Gasteiger partial charge is 0.344 e. The van der Waals surface area contributed by atoms with Crippen molar-refractivity contribution in [2.24, 2.45) is 0 Å². The molecule has 2 N–H and O–H groups in total. The van der Waals surface area contributed by atoms with Gasteiger partial charge in [-0.15, -0.1) is 0 Å². The number of aromatic amines is 2. The van der Waals surface area contributed by atoms with Crippen molar-refractivity contribution in [3.05, 3.63) is 64.3 Å². The van der Waals surface area contributed by atoms with E-state index in [1.807, 2.05) is 6.07 Å². The fourth-order valence-corrected chi connectivity index (χ4v) is 2.95. The Balaban J connectivity index is 2.18. The largest absolute Gasteiger partial charge is 0.465 e. The second-order valence-corrected chi connectivity index (χ2v) is 5.56. The first-order valence-corrected chi connectivity index (χ1v) is 7.46. The van der Waals surface area contributed by atoms with Crippen LogP contribution in [0.2, 0.25) is 0 Å². The van der Waals surface area contributed by atoms with Crippen molar-refractivity contribution < 1.29 is 13.9 Å². The molecule has 0 saturated carbocycles. The quantitative estimate of drug-likeness (QED) is 0.550. The van der Waals surface area contributed by atoms with Crippen LogP contribution in [0.25, 0.3) is 32.9 Å². The molecule has 0 spiro atoms. The van der Waals surface area contributed by atoms with Gasteiger partial charge in [0.05, 0.1) is 24.3 Å². The number of carbonyl (C=O) groups excluding carboxylic acids is 1. The Kier molecular flexibility index (Phi) is 3.35. The molecule has 0 fully saturated rings. The highest BCUT2D eigenvalue weighted by atomic mass is 19.1. The number of benzene rings is 2. The summed E-state index contributed by atoms with van der Waals surface area (Å²) in [6, 6.07) is 9.16. The Morgan fingerprint density at radius 2 is 1.92 bits per heavy atom. The zero-order valence-electron chi connectivity index (χ0n) is 13.1. The van der Waals surface area contributed by atoms with E-state index in [0.717, 1.165) is 10.9 Å². The highest BCUT2D eigenvalue weighted by Gasteiger charge is 2.22. The molecular formula is C18H12FN3O3. The van der Waals surface area contributed by atoms with Crippen LogP contribution in [-0.2, 0) is 4.74 Å². The number of carbonyl (C=O) groups is 1. The molecule has 0 aliphatic heterocycles. The molecule has 4 aromatic rings. The lowest BCUT2D eigenvalue weighted by molar-refractivity contribution is 0.0600. The Labute approximate surface area is 140 Å². The molecule has 0 unspecified atom stereocenters. The molecule has 0 saturated heterocycles. The third-order valence-electron chi connectivity index (χ3n) is 4.10. The van der Waals surface area contributed by atoms with Crippen LogP contribution in [0.3, 0.4) is 0 Å². The lowest BCUT2D eigenvalue weighted by atomic mass is 9.95. The molecule has 4 rings (SSSR count). The van der Waals surface area contributed by atoms with Gasteiger partial charge in [-0.3, -0.25) is 9.89 Å². The Morgan fingerprint density at radius 3 is 2.64 bits per heavy atom. The highest BCUT2D eigenvalue weighted by Crippen LogP contribution is 2.32. The van der Waals surface area contributed by atoms with Crippen LogP contribution in [0.4, 0.5) is 4.39 Å². The molecule has 0 atom stereocenters. The molecule has 0 aliphatic rings. The van der Waals surface area contributed by atoms with E-state index < -0.39 is 17.3 Å². The average molecular weight is 337 g/mol. The molecule has 2 aromatic heterocycles. The van der Waals surface area contributed by atoms with Crippen LogP contribution < -0.4 is 5.56 Å². The Morgan fingerprint density at radius 1 is 1.16 bits per heavy atom. The first-order chi connectivity index (χ1) is 12.1. The van der Waals surface area contributed by atoms with Crippen LogP contribution in [0, 0.1) is 5.82 Å². The van der Waals surface area contributed by atoms with Gasteiger partial charge in [-0.25, -0.2) is 9.18 Å². The number of H-pyrrole nitrogens is 2. The highest BCUT2D eigenvalue weighted by molar-refractivity contribution is 6.09. The fourth-order valence-electron chi connectivity index (χ4n) is 2.95. The summed E-state index contributed by atoms with van der Waals surface area (Å²) >= 11 is 0.